The second kappa shape index (κ2) is 9.95. The van der Waals surface area contributed by atoms with E-state index in [1.54, 1.807) is 6.08 Å². The number of carbonyl (C=O) groups excluding carboxylic acids is 1. The number of hydrogen-bond acceptors (Lipinski definition) is 2. The number of thioether (sulfide) groups is 1. The Morgan fingerprint density at radius 3 is 2.67 bits per heavy atom. The number of allylic oxidation sites excluding steroid dienone is 1. The molecule has 0 aromatic heterocycles. The monoisotopic (exact) mass is 262 g/mol. The Labute approximate surface area is 115 Å². The molecule has 18 heavy (non-hydrogen) atoms. The molecule has 0 heterocycles. The molecular weight excluding hydrogens is 240 g/mol. The van der Waals surface area contributed by atoms with Gasteiger partial charge >= 0.3 is 0 Å². The first-order valence-electron chi connectivity index (χ1n) is 6.70. The van der Waals surface area contributed by atoms with Crippen molar-refractivity contribution in [2.24, 2.45) is 0 Å². The number of unbranched alkanes of at least 4 members (excludes halogenated alkanes) is 4. The Balaban J connectivity index is 2.12. The van der Waals surface area contributed by atoms with E-state index in [0.717, 1.165) is 12.2 Å². The van der Waals surface area contributed by atoms with Crippen molar-refractivity contribution in [2.75, 3.05) is 0 Å². The molecule has 0 spiro atoms. The van der Waals surface area contributed by atoms with Crippen LogP contribution in [0, 0.1) is 0 Å². The van der Waals surface area contributed by atoms with E-state index < -0.39 is 0 Å². The first-order chi connectivity index (χ1) is 8.83. The molecule has 0 amide bonds. The van der Waals surface area contributed by atoms with Crippen LogP contribution in [-0.4, -0.2) is 5.12 Å². The van der Waals surface area contributed by atoms with E-state index in [0.29, 0.717) is 0 Å². The maximum absolute atomic E-state index is 11.6. The highest BCUT2D eigenvalue weighted by Gasteiger charge is 1.98. The fourth-order valence-electron chi connectivity index (χ4n) is 1.65. The molecule has 1 aromatic carbocycles. The lowest BCUT2D eigenvalue weighted by Gasteiger charge is -1.97. The van der Waals surface area contributed by atoms with Crippen LogP contribution in [-0.2, 0) is 10.5 Å². The maximum atomic E-state index is 11.6. The molecule has 1 rings (SSSR count). The number of rotatable bonds is 8. The zero-order valence-corrected chi connectivity index (χ0v) is 11.9. The molecule has 0 saturated carbocycles. The van der Waals surface area contributed by atoms with Gasteiger partial charge in [0.15, 0.2) is 0 Å². The molecule has 0 atom stereocenters. The molecular formula is C16H22OS. The van der Waals surface area contributed by atoms with Gasteiger partial charge in [-0.05, 0) is 24.5 Å². The normalized spacial score (nSPS) is 10.9. The second-order valence-corrected chi connectivity index (χ2v) is 5.32. The minimum Gasteiger partial charge on any atom is -0.282 e. The number of carbonyl (C=O) groups is 1. The van der Waals surface area contributed by atoms with Crippen molar-refractivity contribution in [3.8, 4) is 0 Å². The highest BCUT2D eigenvalue weighted by atomic mass is 32.2. The van der Waals surface area contributed by atoms with Gasteiger partial charge < -0.3 is 0 Å². The summed E-state index contributed by atoms with van der Waals surface area (Å²) in [6.07, 6.45) is 9.78. The van der Waals surface area contributed by atoms with Crippen molar-refractivity contribution < 1.29 is 4.79 Å². The Morgan fingerprint density at radius 2 is 1.94 bits per heavy atom. The summed E-state index contributed by atoms with van der Waals surface area (Å²) >= 11 is 1.37. The summed E-state index contributed by atoms with van der Waals surface area (Å²) in [5.41, 5.74) is 1.20. The summed E-state index contributed by atoms with van der Waals surface area (Å²) in [5, 5.41) is 0.161. The van der Waals surface area contributed by atoms with Gasteiger partial charge in [0.05, 0.1) is 0 Å². The topological polar surface area (TPSA) is 17.1 Å². The largest absolute Gasteiger partial charge is 0.282 e. The van der Waals surface area contributed by atoms with E-state index >= 15 is 0 Å². The molecule has 0 aliphatic carbocycles. The van der Waals surface area contributed by atoms with E-state index in [1.165, 1.54) is 43.0 Å². The summed E-state index contributed by atoms with van der Waals surface area (Å²) in [4.78, 5) is 11.6. The highest BCUT2D eigenvalue weighted by Crippen LogP contribution is 2.13. The fraction of sp³-hybridized carbons (Fsp3) is 0.438. The molecule has 1 aromatic rings. The van der Waals surface area contributed by atoms with Gasteiger partial charge in [0.2, 0.25) is 5.12 Å². The van der Waals surface area contributed by atoms with Gasteiger partial charge in [-0.2, -0.15) is 0 Å². The van der Waals surface area contributed by atoms with Crippen LogP contribution in [0.5, 0.6) is 0 Å². The third-order valence-electron chi connectivity index (χ3n) is 2.70. The molecule has 2 heteroatoms. The predicted octanol–water partition coefficient (Wildman–Crippen LogP) is 4.97. The van der Waals surface area contributed by atoms with Crippen LogP contribution in [0.25, 0.3) is 0 Å². The van der Waals surface area contributed by atoms with E-state index in [-0.39, 0.29) is 5.12 Å². The molecule has 0 radical (unpaired) electrons. The van der Waals surface area contributed by atoms with E-state index in [9.17, 15) is 4.79 Å². The van der Waals surface area contributed by atoms with E-state index in [1.807, 2.05) is 24.3 Å². The van der Waals surface area contributed by atoms with Gasteiger partial charge in [-0.15, -0.1) is 0 Å². The van der Waals surface area contributed by atoms with E-state index in [2.05, 4.69) is 19.1 Å². The Kier molecular flexibility index (Phi) is 8.32. The molecule has 98 valence electrons. The van der Waals surface area contributed by atoms with Gasteiger partial charge in [-0.25, -0.2) is 0 Å². The van der Waals surface area contributed by atoms with Crippen molar-refractivity contribution >= 4 is 16.9 Å². The van der Waals surface area contributed by atoms with Crippen molar-refractivity contribution in [2.45, 2.75) is 44.8 Å². The smallest absolute Gasteiger partial charge is 0.212 e. The van der Waals surface area contributed by atoms with Gasteiger partial charge in [-0.1, -0.05) is 74.4 Å². The summed E-state index contributed by atoms with van der Waals surface area (Å²) < 4.78 is 0. The first kappa shape index (κ1) is 15.0. The lowest BCUT2D eigenvalue weighted by atomic mass is 10.1. The third kappa shape index (κ3) is 7.33. The average molecular weight is 262 g/mol. The second-order valence-electron chi connectivity index (χ2n) is 4.35. The fourth-order valence-corrected chi connectivity index (χ4v) is 2.34. The Bertz CT molecular complexity index is 357. The summed E-state index contributed by atoms with van der Waals surface area (Å²) in [5.74, 6) is 0.764. The quantitative estimate of drug-likeness (QED) is 0.486. The minimum atomic E-state index is 0.161. The van der Waals surface area contributed by atoms with Crippen LogP contribution in [0.1, 0.15) is 44.6 Å². The summed E-state index contributed by atoms with van der Waals surface area (Å²) in [7, 11) is 0. The van der Waals surface area contributed by atoms with Gasteiger partial charge in [0, 0.05) is 5.75 Å². The van der Waals surface area contributed by atoms with Crippen LogP contribution in [0.15, 0.2) is 42.5 Å². The predicted molar refractivity (Wildman–Crippen MR) is 80.6 cm³/mol. The molecule has 0 unspecified atom stereocenters. The van der Waals surface area contributed by atoms with Gasteiger partial charge in [0.1, 0.15) is 0 Å². The molecule has 0 saturated heterocycles. The Hall–Kier alpha value is -1.02. The van der Waals surface area contributed by atoms with Crippen LogP contribution in [0.4, 0.5) is 0 Å². The first-order valence-corrected chi connectivity index (χ1v) is 7.68. The third-order valence-corrected chi connectivity index (χ3v) is 3.60. The number of hydrogen-bond donors (Lipinski definition) is 0. The van der Waals surface area contributed by atoms with Gasteiger partial charge in [-0.3, -0.25) is 4.79 Å². The van der Waals surface area contributed by atoms with Crippen LogP contribution in [0.3, 0.4) is 0 Å². The van der Waals surface area contributed by atoms with Crippen LogP contribution >= 0.6 is 11.8 Å². The molecule has 0 N–H and O–H groups in total. The lowest BCUT2D eigenvalue weighted by Crippen LogP contribution is -1.87. The van der Waals surface area contributed by atoms with Crippen LogP contribution < -0.4 is 0 Å². The summed E-state index contributed by atoms with van der Waals surface area (Å²) in [6, 6.07) is 10.1. The standard InChI is InChI=1S/C16H22OS/c1-2-3-4-5-6-10-13-16(17)18-14-15-11-8-7-9-12-15/h7-13H,2-6,14H2,1H3/b13-10+. The van der Waals surface area contributed by atoms with Gasteiger partial charge in [0.25, 0.3) is 0 Å². The van der Waals surface area contributed by atoms with Crippen molar-refractivity contribution in [1.82, 2.24) is 0 Å². The van der Waals surface area contributed by atoms with Crippen molar-refractivity contribution in [3.63, 3.8) is 0 Å². The molecule has 1 nitrogen and oxygen atoms in total. The maximum Gasteiger partial charge on any atom is 0.212 e. The lowest BCUT2D eigenvalue weighted by molar-refractivity contribution is -0.107. The zero-order chi connectivity index (χ0) is 13.1. The molecule has 0 fully saturated rings. The SMILES string of the molecule is CCCCCC/C=C/C(=O)SCc1ccccc1. The Morgan fingerprint density at radius 1 is 1.17 bits per heavy atom. The average Bonchev–Trinajstić information content (AvgIpc) is 2.41. The zero-order valence-electron chi connectivity index (χ0n) is 11.1. The van der Waals surface area contributed by atoms with Crippen molar-refractivity contribution in [1.29, 1.82) is 0 Å². The molecule has 0 bridgehead atoms. The van der Waals surface area contributed by atoms with Crippen molar-refractivity contribution in [3.05, 3.63) is 48.0 Å². The van der Waals surface area contributed by atoms with Crippen LogP contribution in [0.2, 0.25) is 0 Å². The molecule has 0 aliphatic rings. The number of benzene rings is 1. The minimum absolute atomic E-state index is 0.161. The molecule has 0 aliphatic heterocycles. The highest BCUT2D eigenvalue weighted by molar-refractivity contribution is 8.13. The summed E-state index contributed by atoms with van der Waals surface area (Å²) in [6.45, 7) is 2.21. The van der Waals surface area contributed by atoms with E-state index in [4.69, 9.17) is 0 Å².